The van der Waals surface area contributed by atoms with Crippen LogP contribution in [-0.2, 0) is 6.54 Å². The Morgan fingerprint density at radius 2 is 2.22 bits per heavy atom. The van der Waals surface area contributed by atoms with Gasteiger partial charge < -0.3 is 15.7 Å². The Hall–Kier alpha value is -1.14. The van der Waals surface area contributed by atoms with Crippen molar-refractivity contribution in [2.24, 2.45) is 5.92 Å². The molecule has 0 fully saturated rings. The molecule has 18 heavy (non-hydrogen) atoms. The Labute approximate surface area is 112 Å². The fraction of sp³-hybridized carbons (Fsp3) is 0.667. The highest BCUT2D eigenvalue weighted by Gasteiger charge is 2.08. The van der Waals surface area contributed by atoms with Crippen molar-refractivity contribution in [3.05, 3.63) is 16.1 Å². The van der Waals surface area contributed by atoms with Crippen LogP contribution in [0.3, 0.4) is 0 Å². The Morgan fingerprint density at radius 1 is 1.50 bits per heavy atom. The van der Waals surface area contributed by atoms with Crippen LogP contribution in [0.4, 0.5) is 4.79 Å². The summed E-state index contributed by atoms with van der Waals surface area (Å²) in [5, 5.41) is 15.6. The van der Waals surface area contributed by atoms with Gasteiger partial charge in [-0.15, -0.1) is 11.3 Å². The number of amides is 2. The topological polar surface area (TPSA) is 74.2 Å². The summed E-state index contributed by atoms with van der Waals surface area (Å²) in [6, 6.07) is -0.194. The normalized spacial score (nSPS) is 14.0. The third-order valence-electron chi connectivity index (χ3n) is 2.42. The number of hydrogen-bond donors (Lipinski definition) is 3. The minimum atomic E-state index is -0.330. The van der Waals surface area contributed by atoms with E-state index in [2.05, 4.69) is 15.6 Å². The summed E-state index contributed by atoms with van der Waals surface area (Å²) in [5.41, 5.74) is 0. The summed E-state index contributed by atoms with van der Waals surface area (Å²) >= 11 is 1.58. The van der Waals surface area contributed by atoms with E-state index in [1.807, 2.05) is 13.8 Å². The number of nitrogens with zero attached hydrogens (tertiary/aromatic N) is 1. The lowest BCUT2D eigenvalue weighted by Crippen LogP contribution is -2.37. The van der Waals surface area contributed by atoms with E-state index in [0.29, 0.717) is 19.5 Å². The maximum atomic E-state index is 11.5. The van der Waals surface area contributed by atoms with Gasteiger partial charge in [0, 0.05) is 17.6 Å². The molecule has 1 aromatic rings. The van der Waals surface area contributed by atoms with Crippen molar-refractivity contribution in [3.63, 3.8) is 0 Å². The van der Waals surface area contributed by atoms with E-state index in [1.165, 1.54) is 0 Å². The molecule has 2 amide bonds. The molecule has 0 aliphatic heterocycles. The number of hydrogen-bond acceptors (Lipinski definition) is 4. The second kappa shape index (κ2) is 7.33. The van der Waals surface area contributed by atoms with Gasteiger partial charge in [-0.25, -0.2) is 9.78 Å². The van der Waals surface area contributed by atoms with Gasteiger partial charge in [0.1, 0.15) is 5.01 Å². The molecule has 0 saturated heterocycles. The average molecular weight is 271 g/mol. The second-order valence-corrected chi connectivity index (χ2v) is 5.94. The van der Waals surface area contributed by atoms with E-state index in [-0.39, 0.29) is 18.1 Å². The van der Waals surface area contributed by atoms with Gasteiger partial charge in [-0.3, -0.25) is 0 Å². The minimum Gasteiger partial charge on any atom is -0.393 e. The van der Waals surface area contributed by atoms with Gasteiger partial charge in [-0.2, -0.15) is 0 Å². The third kappa shape index (κ3) is 5.97. The van der Waals surface area contributed by atoms with E-state index in [9.17, 15) is 9.90 Å². The molecule has 0 radical (unpaired) electrons. The predicted octanol–water partition coefficient (Wildman–Crippen LogP) is 1.66. The largest absolute Gasteiger partial charge is 0.393 e. The van der Waals surface area contributed by atoms with E-state index >= 15 is 0 Å². The van der Waals surface area contributed by atoms with Crippen molar-refractivity contribution in [2.45, 2.75) is 39.8 Å². The molecule has 0 aliphatic carbocycles. The van der Waals surface area contributed by atoms with Crippen molar-refractivity contribution >= 4 is 17.4 Å². The molecule has 2 unspecified atom stereocenters. The molecular weight excluding hydrogens is 250 g/mol. The number of thiazole rings is 1. The number of carbonyl (C=O) groups excluding carboxylic acids is 1. The average Bonchev–Trinajstić information content (AvgIpc) is 2.69. The molecule has 0 aromatic carbocycles. The van der Waals surface area contributed by atoms with E-state index < -0.39 is 0 Å². The summed E-state index contributed by atoms with van der Waals surface area (Å²) < 4.78 is 0. The number of nitrogens with one attached hydrogen (secondary N) is 2. The summed E-state index contributed by atoms with van der Waals surface area (Å²) in [4.78, 5) is 16.8. The zero-order chi connectivity index (χ0) is 13.5. The first kappa shape index (κ1) is 14.9. The Kier molecular flexibility index (Phi) is 6.07. The lowest BCUT2D eigenvalue weighted by Gasteiger charge is -2.14. The smallest absolute Gasteiger partial charge is 0.315 e. The molecule has 2 atom stereocenters. The Morgan fingerprint density at radius 3 is 2.78 bits per heavy atom. The highest BCUT2D eigenvalue weighted by atomic mass is 32.1. The summed E-state index contributed by atoms with van der Waals surface area (Å²) in [6.45, 7) is 6.75. The van der Waals surface area contributed by atoms with Gasteiger partial charge >= 0.3 is 6.03 Å². The maximum Gasteiger partial charge on any atom is 0.315 e. The van der Waals surface area contributed by atoms with Gasteiger partial charge in [0.2, 0.25) is 0 Å². The number of aliphatic hydroxyl groups is 1. The van der Waals surface area contributed by atoms with Crippen LogP contribution in [0.5, 0.6) is 0 Å². The van der Waals surface area contributed by atoms with Gasteiger partial charge in [-0.05, 0) is 26.2 Å². The second-order valence-electron chi connectivity index (χ2n) is 4.62. The van der Waals surface area contributed by atoms with Crippen LogP contribution in [0, 0.1) is 12.8 Å². The molecule has 102 valence electrons. The van der Waals surface area contributed by atoms with Crippen LogP contribution in [0.1, 0.15) is 30.2 Å². The first-order valence-electron chi connectivity index (χ1n) is 6.08. The minimum absolute atomic E-state index is 0.194. The SMILES string of the molecule is Cc1cnc(CNC(=O)NCC(C)CC(C)O)s1. The number of urea groups is 1. The monoisotopic (exact) mass is 271 g/mol. The first-order chi connectivity index (χ1) is 8.47. The van der Waals surface area contributed by atoms with Crippen LogP contribution in [-0.4, -0.2) is 28.8 Å². The molecule has 1 aromatic heterocycles. The number of rotatable bonds is 6. The zero-order valence-corrected chi connectivity index (χ0v) is 11.9. The van der Waals surface area contributed by atoms with Gasteiger partial charge in [0.05, 0.1) is 12.6 Å². The number of aliphatic hydroxyl groups excluding tert-OH is 1. The van der Waals surface area contributed by atoms with Gasteiger partial charge in [0.15, 0.2) is 0 Å². The maximum absolute atomic E-state index is 11.5. The van der Waals surface area contributed by atoms with Crippen molar-refractivity contribution in [2.75, 3.05) is 6.54 Å². The molecule has 0 aliphatic rings. The van der Waals surface area contributed by atoms with Crippen molar-refractivity contribution in [1.82, 2.24) is 15.6 Å². The summed E-state index contributed by atoms with van der Waals surface area (Å²) in [6.07, 6.45) is 2.15. The summed E-state index contributed by atoms with van der Waals surface area (Å²) in [7, 11) is 0. The molecule has 0 saturated carbocycles. The summed E-state index contributed by atoms with van der Waals surface area (Å²) in [5.74, 6) is 0.262. The van der Waals surface area contributed by atoms with Crippen LogP contribution < -0.4 is 10.6 Å². The van der Waals surface area contributed by atoms with Crippen LogP contribution in [0.2, 0.25) is 0 Å². The van der Waals surface area contributed by atoms with Crippen molar-refractivity contribution in [1.29, 1.82) is 0 Å². The van der Waals surface area contributed by atoms with Crippen molar-refractivity contribution < 1.29 is 9.90 Å². The lowest BCUT2D eigenvalue weighted by atomic mass is 10.1. The number of aryl methyl sites for hydroxylation is 1. The van der Waals surface area contributed by atoms with Crippen LogP contribution in [0.15, 0.2) is 6.20 Å². The number of carbonyl (C=O) groups is 1. The zero-order valence-electron chi connectivity index (χ0n) is 11.1. The van der Waals surface area contributed by atoms with E-state index in [0.717, 1.165) is 9.88 Å². The highest BCUT2D eigenvalue weighted by Crippen LogP contribution is 2.10. The van der Waals surface area contributed by atoms with E-state index in [1.54, 1.807) is 24.5 Å². The van der Waals surface area contributed by atoms with Gasteiger partial charge in [-0.1, -0.05) is 6.92 Å². The molecule has 6 heteroatoms. The first-order valence-corrected chi connectivity index (χ1v) is 6.90. The van der Waals surface area contributed by atoms with Crippen molar-refractivity contribution in [3.8, 4) is 0 Å². The molecular formula is C12H21N3O2S. The molecule has 3 N–H and O–H groups in total. The van der Waals surface area contributed by atoms with Crippen LogP contribution >= 0.6 is 11.3 Å². The fourth-order valence-electron chi connectivity index (χ4n) is 1.63. The molecule has 1 rings (SSSR count). The third-order valence-corrected chi connectivity index (χ3v) is 3.34. The Bertz CT molecular complexity index is 379. The quantitative estimate of drug-likeness (QED) is 0.736. The van der Waals surface area contributed by atoms with E-state index in [4.69, 9.17) is 0 Å². The predicted molar refractivity (Wildman–Crippen MR) is 72.6 cm³/mol. The fourth-order valence-corrected chi connectivity index (χ4v) is 2.36. The standard InChI is InChI=1S/C12H21N3O2S/c1-8(4-9(2)16)5-14-12(17)15-7-11-13-6-10(3)18-11/h6,8-9,16H,4-5,7H2,1-3H3,(H2,14,15,17). The number of aromatic nitrogens is 1. The lowest BCUT2D eigenvalue weighted by molar-refractivity contribution is 0.163. The molecule has 0 spiro atoms. The highest BCUT2D eigenvalue weighted by molar-refractivity contribution is 7.11. The molecule has 5 nitrogen and oxygen atoms in total. The molecule has 0 bridgehead atoms. The van der Waals surface area contributed by atoms with Gasteiger partial charge in [0.25, 0.3) is 0 Å². The van der Waals surface area contributed by atoms with Crippen LogP contribution in [0.25, 0.3) is 0 Å². The molecule has 1 heterocycles. The Balaban J connectivity index is 2.18.